The highest BCUT2D eigenvalue weighted by molar-refractivity contribution is 6.29. The van der Waals surface area contributed by atoms with Gasteiger partial charge in [0.15, 0.2) is 5.15 Å². The first-order chi connectivity index (χ1) is 7.33. The van der Waals surface area contributed by atoms with E-state index < -0.39 is 0 Å². The summed E-state index contributed by atoms with van der Waals surface area (Å²) in [5.74, 6) is 0. The van der Waals surface area contributed by atoms with E-state index in [1.165, 1.54) is 12.8 Å². The third-order valence-electron chi connectivity index (χ3n) is 2.45. The SMILES string of the molecule is Clc1ccc(-c2cnn(C3CC3)c2)nn1. The maximum atomic E-state index is 5.67. The summed E-state index contributed by atoms with van der Waals surface area (Å²) in [6.45, 7) is 0. The molecule has 0 spiro atoms. The Hall–Kier alpha value is -1.42. The lowest BCUT2D eigenvalue weighted by Gasteiger charge is -1.95. The molecular formula is C10H9ClN4. The smallest absolute Gasteiger partial charge is 0.151 e. The Morgan fingerprint density at radius 3 is 2.80 bits per heavy atom. The van der Waals surface area contributed by atoms with Crippen LogP contribution in [0.25, 0.3) is 11.3 Å². The first-order valence-electron chi connectivity index (χ1n) is 4.87. The van der Waals surface area contributed by atoms with Gasteiger partial charge in [-0.25, -0.2) is 0 Å². The number of hydrogen-bond donors (Lipinski definition) is 0. The second-order valence-electron chi connectivity index (χ2n) is 3.68. The minimum absolute atomic E-state index is 0.410. The highest BCUT2D eigenvalue weighted by Gasteiger charge is 2.24. The molecule has 1 aliphatic carbocycles. The van der Waals surface area contributed by atoms with Crippen LogP contribution in [0, 0.1) is 0 Å². The topological polar surface area (TPSA) is 43.6 Å². The molecule has 1 saturated carbocycles. The van der Waals surface area contributed by atoms with Crippen molar-refractivity contribution in [3.05, 3.63) is 29.7 Å². The first kappa shape index (κ1) is 8.85. The normalized spacial score (nSPS) is 15.5. The minimum atomic E-state index is 0.410. The lowest BCUT2D eigenvalue weighted by Crippen LogP contribution is -1.92. The predicted octanol–water partition coefficient (Wildman–Crippen LogP) is 2.33. The van der Waals surface area contributed by atoms with Crippen molar-refractivity contribution in [2.75, 3.05) is 0 Å². The molecule has 15 heavy (non-hydrogen) atoms. The molecule has 2 aromatic heterocycles. The number of aromatic nitrogens is 4. The van der Waals surface area contributed by atoms with Crippen molar-refractivity contribution in [3.8, 4) is 11.3 Å². The molecule has 5 heteroatoms. The van der Waals surface area contributed by atoms with Crippen molar-refractivity contribution >= 4 is 11.6 Å². The van der Waals surface area contributed by atoms with E-state index in [1.54, 1.807) is 6.07 Å². The molecule has 0 atom stereocenters. The fourth-order valence-electron chi connectivity index (χ4n) is 1.48. The Labute approximate surface area is 91.9 Å². The molecule has 0 N–H and O–H groups in total. The number of nitrogens with zero attached hydrogens (tertiary/aromatic N) is 4. The fraction of sp³-hybridized carbons (Fsp3) is 0.300. The third kappa shape index (κ3) is 1.72. The van der Waals surface area contributed by atoms with E-state index in [4.69, 9.17) is 11.6 Å². The fourth-order valence-corrected chi connectivity index (χ4v) is 1.58. The summed E-state index contributed by atoms with van der Waals surface area (Å²) in [4.78, 5) is 0. The molecule has 0 bridgehead atoms. The van der Waals surface area contributed by atoms with E-state index in [1.807, 2.05) is 23.1 Å². The van der Waals surface area contributed by atoms with Crippen molar-refractivity contribution in [2.45, 2.75) is 18.9 Å². The van der Waals surface area contributed by atoms with Crippen LogP contribution in [-0.4, -0.2) is 20.0 Å². The molecular weight excluding hydrogens is 212 g/mol. The number of halogens is 1. The second kappa shape index (κ2) is 3.31. The summed E-state index contributed by atoms with van der Waals surface area (Å²) in [5, 5.41) is 12.5. The Kier molecular flexibility index (Phi) is 1.95. The Morgan fingerprint density at radius 1 is 1.27 bits per heavy atom. The largest absolute Gasteiger partial charge is 0.269 e. The lowest BCUT2D eigenvalue weighted by atomic mass is 10.2. The molecule has 0 amide bonds. The summed E-state index contributed by atoms with van der Waals surface area (Å²) in [7, 11) is 0. The van der Waals surface area contributed by atoms with Crippen molar-refractivity contribution in [1.29, 1.82) is 0 Å². The van der Waals surface area contributed by atoms with Gasteiger partial charge in [-0.05, 0) is 25.0 Å². The molecule has 4 nitrogen and oxygen atoms in total. The van der Waals surface area contributed by atoms with Gasteiger partial charge in [0.1, 0.15) is 0 Å². The zero-order valence-electron chi connectivity index (χ0n) is 7.97. The van der Waals surface area contributed by atoms with Crippen LogP contribution in [0.3, 0.4) is 0 Å². The molecule has 0 radical (unpaired) electrons. The molecule has 2 heterocycles. The summed E-state index contributed by atoms with van der Waals surface area (Å²) in [5.41, 5.74) is 1.80. The van der Waals surface area contributed by atoms with Gasteiger partial charge in [0.2, 0.25) is 0 Å². The van der Waals surface area contributed by atoms with Crippen LogP contribution in [-0.2, 0) is 0 Å². The average molecular weight is 221 g/mol. The van der Waals surface area contributed by atoms with Crippen LogP contribution in [0.1, 0.15) is 18.9 Å². The van der Waals surface area contributed by atoms with E-state index in [0.717, 1.165) is 11.3 Å². The second-order valence-corrected chi connectivity index (χ2v) is 4.07. The van der Waals surface area contributed by atoms with Gasteiger partial charge in [-0.1, -0.05) is 11.6 Å². The van der Waals surface area contributed by atoms with Gasteiger partial charge < -0.3 is 0 Å². The van der Waals surface area contributed by atoms with Gasteiger partial charge in [-0.15, -0.1) is 10.2 Å². The van der Waals surface area contributed by atoms with Crippen LogP contribution in [0.15, 0.2) is 24.5 Å². The Bertz CT molecular complexity index is 472. The highest BCUT2D eigenvalue weighted by Crippen LogP contribution is 2.34. The van der Waals surface area contributed by atoms with Gasteiger partial charge in [0, 0.05) is 11.8 Å². The number of hydrogen-bond acceptors (Lipinski definition) is 3. The summed E-state index contributed by atoms with van der Waals surface area (Å²) < 4.78 is 1.99. The van der Waals surface area contributed by atoms with E-state index >= 15 is 0 Å². The summed E-state index contributed by atoms with van der Waals surface area (Å²) in [6.07, 6.45) is 6.28. The quantitative estimate of drug-likeness (QED) is 0.780. The third-order valence-corrected chi connectivity index (χ3v) is 2.65. The van der Waals surface area contributed by atoms with Crippen LogP contribution < -0.4 is 0 Å². The van der Waals surface area contributed by atoms with E-state index in [2.05, 4.69) is 15.3 Å². The molecule has 0 unspecified atom stereocenters. The van der Waals surface area contributed by atoms with Crippen molar-refractivity contribution in [3.63, 3.8) is 0 Å². The monoisotopic (exact) mass is 220 g/mol. The zero-order chi connectivity index (χ0) is 10.3. The Balaban J connectivity index is 1.93. The highest BCUT2D eigenvalue weighted by atomic mass is 35.5. The van der Waals surface area contributed by atoms with E-state index in [-0.39, 0.29) is 0 Å². The zero-order valence-corrected chi connectivity index (χ0v) is 8.72. The van der Waals surface area contributed by atoms with E-state index in [9.17, 15) is 0 Å². The van der Waals surface area contributed by atoms with Crippen LogP contribution in [0.4, 0.5) is 0 Å². The van der Waals surface area contributed by atoms with Crippen molar-refractivity contribution in [1.82, 2.24) is 20.0 Å². The molecule has 1 fully saturated rings. The standard InChI is InChI=1S/C10H9ClN4/c11-10-4-3-9(13-14-10)7-5-12-15(6-7)8-1-2-8/h3-6,8H,1-2H2. The average Bonchev–Trinajstić information content (AvgIpc) is 2.99. The van der Waals surface area contributed by atoms with Crippen LogP contribution in [0.5, 0.6) is 0 Å². The van der Waals surface area contributed by atoms with Crippen LogP contribution >= 0.6 is 11.6 Å². The van der Waals surface area contributed by atoms with Gasteiger partial charge in [0.05, 0.1) is 17.9 Å². The molecule has 76 valence electrons. The van der Waals surface area contributed by atoms with E-state index in [0.29, 0.717) is 11.2 Å². The van der Waals surface area contributed by atoms with Crippen molar-refractivity contribution < 1.29 is 0 Å². The summed E-state index contributed by atoms with van der Waals surface area (Å²) in [6, 6.07) is 4.18. The van der Waals surface area contributed by atoms with Gasteiger partial charge >= 0.3 is 0 Å². The molecule has 0 saturated heterocycles. The molecule has 0 aliphatic heterocycles. The van der Waals surface area contributed by atoms with Gasteiger partial charge in [-0.2, -0.15) is 5.10 Å². The maximum Gasteiger partial charge on any atom is 0.151 e. The Morgan fingerprint density at radius 2 is 2.13 bits per heavy atom. The predicted molar refractivity (Wildman–Crippen MR) is 56.5 cm³/mol. The van der Waals surface area contributed by atoms with Gasteiger partial charge in [0.25, 0.3) is 0 Å². The lowest BCUT2D eigenvalue weighted by molar-refractivity contribution is 0.642. The number of rotatable bonds is 2. The molecule has 0 aromatic carbocycles. The first-order valence-corrected chi connectivity index (χ1v) is 5.24. The molecule has 2 aromatic rings. The minimum Gasteiger partial charge on any atom is -0.269 e. The van der Waals surface area contributed by atoms with Crippen molar-refractivity contribution in [2.24, 2.45) is 0 Å². The van der Waals surface area contributed by atoms with Crippen LogP contribution in [0.2, 0.25) is 5.15 Å². The van der Waals surface area contributed by atoms with Gasteiger partial charge in [-0.3, -0.25) is 4.68 Å². The molecule has 3 rings (SSSR count). The maximum absolute atomic E-state index is 5.67. The molecule has 1 aliphatic rings. The summed E-state index contributed by atoms with van der Waals surface area (Å²) >= 11 is 5.67.